The predicted molar refractivity (Wildman–Crippen MR) is 121 cm³/mol. The highest BCUT2D eigenvalue weighted by Gasteiger charge is 2.35. The molecule has 0 unspecified atom stereocenters. The average molecular weight is 460 g/mol. The number of allylic oxidation sites excluding steroid dienone is 1. The van der Waals surface area contributed by atoms with Crippen molar-refractivity contribution in [3.05, 3.63) is 70.8 Å². The first kappa shape index (κ1) is 26.0. The Hall–Kier alpha value is -3.27. The summed E-state index contributed by atoms with van der Waals surface area (Å²) in [5, 5.41) is 9.89. The minimum absolute atomic E-state index is 0.0982. The first-order chi connectivity index (χ1) is 15.2. The molecule has 0 heterocycles. The van der Waals surface area contributed by atoms with Crippen molar-refractivity contribution in [1.29, 1.82) is 5.26 Å². The molecule has 0 saturated carbocycles. The zero-order valence-corrected chi connectivity index (χ0v) is 19.6. The maximum Gasteiger partial charge on any atom is 0.417 e. The summed E-state index contributed by atoms with van der Waals surface area (Å²) in [6.07, 6.45) is -4.68. The quantitative estimate of drug-likeness (QED) is 0.159. The molecule has 2 aromatic carbocycles. The topological polar surface area (TPSA) is 59.3 Å². The normalized spacial score (nSPS) is 13.1. The van der Waals surface area contributed by atoms with Gasteiger partial charge in [0.25, 0.3) is 0 Å². The van der Waals surface area contributed by atoms with Crippen LogP contribution in [0.25, 0.3) is 11.3 Å². The van der Waals surface area contributed by atoms with Crippen molar-refractivity contribution in [3.63, 3.8) is 0 Å². The summed E-state index contributed by atoms with van der Waals surface area (Å²) in [4.78, 5) is 12.1. The van der Waals surface area contributed by atoms with Crippen LogP contribution < -0.4 is 0 Å². The zero-order chi connectivity index (χ0) is 25.0. The maximum absolute atomic E-state index is 13.7. The molecule has 0 bridgehead atoms. The lowest BCUT2D eigenvalue weighted by molar-refractivity contribution is -0.161. The number of hydrogen-bond acceptors (Lipinski definition) is 4. The van der Waals surface area contributed by atoms with Crippen molar-refractivity contribution in [3.8, 4) is 6.07 Å². The predicted octanol–water partition coefficient (Wildman–Crippen LogP) is 6.96. The van der Waals surface area contributed by atoms with Crippen LogP contribution in [0.4, 0.5) is 13.2 Å². The Morgan fingerprint density at radius 2 is 1.48 bits per heavy atom. The van der Waals surface area contributed by atoms with E-state index in [1.807, 2.05) is 39.0 Å². The highest BCUT2D eigenvalue weighted by Crippen LogP contribution is 2.38. The van der Waals surface area contributed by atoms with Crippen LogP contribution in [0.15, 0.2) is 48.5 Å². The molecule has 0 aromatic heterocycles. The number of benzene rings is 2. The molecule has 2 aromatic rings. The first-order valence-electron chi connectivity index (χ1n) is 10.4. The number of carbonyl (C=O) groups is 1. The number of nitriles is 1. The molecule has 0 saturated heterocycles. The van der Waals surface area contributed by atoms with Crippen LogP contribution in [0.5, 0.6) is 0 Å². The molecule has 33 heavy (non-hydrogen) atoms. The number of alkyl halides is 3. The van der Waals surface area contributed by atoms with Gasteiger partial charge in [-0.25, -0.2) is 0 Å². The lowest BCUT2D eigenvalue weighted by Gasteiger charge is -2.21. The van der Waals surface area contributed by atoms with E-state index in [1.165, 1.54) is 18.2 Å². The molecule has 176 valence electrons. The van der Waals surface area contributed by atoms with E-state index >= 15 is 0 Å². The second-order valence-electron chi connectivity index (χ2n) is 9.63. The van der Waals surface area contributed by atoms with Crippen molar-refractivity contribution in [1.82, 2.24) is 0 Å². The monoisotopic (exact) mass is 459 g/mol. The van der Waals surface area contributed by atoms with Gasteiger partial charge in [0.15, 0.2) is 0 Å². The molecule has 0 N–H and O–H groups in total. The van der Waals surface area contributed by atoms with Crippen LogP contribution in [0.3, 0.4) is 0 Å². The molecular formula is C26H28F3NO3. The van der Waals surface area contributed by atoms with Gasteiger partial charge in [0, 0.05) is 5.56 Å². The van der Waals surface area contributed by atoms with Gasteiger partial charge < -0.3 is 9.47 Å². The van der Waals surface area contributed by atoms with Crippen molar-refractivity contribution in [2.24, 2.45) is 5.41 Å². The number of rotatable bonds is 5. The standard InChI is InChI=1S/C26H28F3NO3/c1-24(2,3)18-13-11-17(12-14-18)20(15-30)22(32-16-33-23(31)25(4,5)6)19-9-7-8-10-21(19)26(27,28)29/h7-14H,16H2,1-6H3/b22-20-. The van der Waals surface area contributed by atoms with Gasteiger partial charge in [0.2, 0.25) is 6.79 Å². The van der Waals surface area contributed by atoms with Crippen LogP contribution in [0, 0.1) is 16.7 Å². The summed E-state index contributed by atoms with van der Waals surface area (Å²) in [6.45, 7) is 10.4. The summed E-state index contributed by atoms with van der Waals surface area (Å²) in [5.41, 5.74) is -0.940. The third-order valence-electron chi connectivity index (χ3n) is 4.86. The number of esters is 1. The molecule has 0 atom stereocenters. The molecule has 7 heteroatoms. The number of nitrogens with zero attached hydrogens (tertiary/aromatic N) is 1. The third-order valence-corrected chi connectivity index (χ3v) is 4.86. The van der Waals surface area contributed by atoms with E-state index in [4.69, 9.17) is 9.47 Å². The lowest BCUT2D eigenvalue weighted by atomic mass is 9.86. The average Bonchev–Trinajstić information content (AvgIpc) is 2.71. The van der Waals surface area contributed by atoms with Crippen LogP contribution in [-0.2, 0) is 25.9 Å². The maximum atomic E-state index is 13.7. The van der Waals surface area contributed by atoms with E-state index in [2.05, 4.69) is 0 Å². The van der Waals surface area contributed by atoms with Crippen LogP contribution in [0.1, 0.15) is 63.8 Å². The van der Waals surface area contributed by atoms with Crippen molar-refractivity contribution < 1.29 is 27.4 Å². The largest absolute Gasteiger partial charge is 0.455 e. The van der Waals surface area contributed by atoms with Gasteiger partial charge in [-0.15, -0.1) is 0 Å². The number of ether oxygens (including phenoxy) is 2. The Morgan fingerprint density at radius 3 is 1.97 bits per heavy atom. The second kappa shape index (κ2) is 9.70. The minimum Gasteiger partial charge on any atom is -0.455 e. The van der Waals surface area contributed by atoms with Gasteiger partial charge in [-0.2, -0.15) is 18.4 Å². The summed E-state index contributed by atoms with van der Waals surface area (Å²) in [6, 6.07) is 13.8. The molecule has 4 nitrogen and oxygen atoms in total. The van der Waals surface area contributed by atoms with Crippen molar-refractivity contribution >= 4 is 17.3 Å². The fourth-order valence-electron chi connectivity index (χ4n) is 2.95. The molecule has 0 fully saturated rings. The van der Waals surface area contributed by atoms with E-state index in [9.17, 15) is 23.2 Å². The number of carbonyl (C=O) groups excluding carboxylic acids is 1. The highest BCUT2D eigenvalue weighted by atomic mass is 19.4. The summed E-state index contributed by atoms with van der Waals surface area (Å²) < 4.78 is 51.8. The Kier molecular flexibility index (Phi) is 7.64. The Bertz CT molecular complexity index is 1060. The Labute approximate surface area is 192 Å². The van der Waals surface area contributed by atoms with Gasteiger partial charge in [-0.3, -0.25) is 4.79 Å². The molecule has 0 aliphatic carbocycles. The third kappa shape index (κ3) is 6.61. The summed E-state index contributed by atoms with van der Waals surface area (Å²) in [7, 11) is 0. The van der Waals surface area contributed by atoms with Crippen LogP contribution >= 0.6 is 0 Å². The van der Waals surface area contributed by atoms with Gasteiger partial charge in [0.1, 0.15) is 17.4 Å². The van der Waals surface area contributed by atoms with E-state index in [0.29, 0.717) is 5.56 Å². The Balaban J connectivity index is 2.61. The number of hydrogen-bond donors (Lipinski definition) is 0. The lowest BCUT2D eigenvalue weighted by Crippen LogP contribution is -2.24. The molecule has 0 amide bonds. The molecule has 2 rings (SSSR count). The van der Waals surface area contributed by atoms with E-state index in [0.717, 1.165) is 11.6 Å². The fraction of sp³-hybridized carbons (Fsp3) is 0.385. The number of halogens is 3. The molecule has 0 radical (unpaired) electrons. The molecule has 0 aliphatic heterocycles. The van der Waals surface area contributed by atoms with Crippen molar-refractivity contribution in [2.45, 2.75) is 53.1 Å². The smallest absolute Gasteiger partial charge is 0.417 e. The van der Waals surface area contributed by atoms with Crippen LogP contribution in [0.2, 0.25) is 0 Å². The van der Waals surface area contributed by atoms with E-state index in [-0.39, 0.29) is 22.3 Å². The van der Waals surface area contributed by atoms with Gasteiger partial charge in [-0.1, -0.05) is 63.2 Å². The fourth-order valence-corrected chi connectivity index (χ4v) is 2.95. The van der Waals surface area contributed by atoms with E-state index in [1.54, 1.807) is 32.9 Å². The van der Waals surface area contributed by atoms with Gasteiger partial charge in [0.05, 0.1) is 11.0 Å². The Morgan fingerprint density at radius 1 is 0.909 bits per heavy atom. The van der Waals surface area contributed by atoms with Crippen molar-refractivity contribution in [2.75, 3.05) is 6.79 Å². The SMILES string of the molecule is CC(C)(C)C(=O)OCO/C(=C(/C#N)c1ccc(C(C)(C)C)cc1)c1ccccc1C(F)(F)F. The zero-order valence-electron chi connectivity index (χ0n) is 19.6. The second-order valence-corrected chi connectivity index (χ2v) is 9.63. The van der Waals surface area contributed by atoms with E-state index < -0.39 is 29.9 Å². The van der Waals surface area contributed by atoms with Crippen LogP contribution in [-0.4, -0.2) is 12.8 Å². The van der Waals surface area contributed by atoms with Gasteiger partial charge in [-0.05, 0) is 43.4 Å². The molecule has 0 spiro atoms. The summed E-state index contributed by atoms with van der Waals surface area (Å²) in [5.74, 6) is -0.894. The van der Waals surface area contributed by atoms with Gasteiger partial charge >= 0.3 is 12.1 Å². The minimum atomic E-state index is -4.68. The highest BCUT2D eigenvalue weighted by molar-refractivity contribution is 5.95. The molecular weight excluding hydrogens is 431 g/mol. The molecule has 0 aliphatic rings. The summed E-state index contributed by atoms with van der Waals surface area (Å²) >= 11 is 0. The first-order valence-corrected chi connectivity index (χ1v) is 10.4.